The number of rotatable bonds is 3. The van der Waals surface area contributed by atoms with Crippen LogP contribution in [-0.2, 0) is 4.57 Å². The normalized spacial score (nSPS) is 15.8. The highest BCUT2D eigenvalue weighted by atomic mass is 31.2. The van der Waals surface area contributed by atoms with Gasteiger partial charge in [-0.1, -0.05) is 0 Å². The molecule has 62 valence electrons. The van der Waals surface area contributed by atoms with Crippen molar-refractivity contribution < 1.29 is 19.2 Å². The topological polar surface area (TPSA) is 84.6 Å². The Morgan fingerprint density at radius 1 is 1.73 bits per heavy atom. The molecule has 1 rings (SSSR count). The van der Waals surface area contributed by atoms with Gasteiger partial charge in [-0.05, 0) is 0 Å². The molecule has 2 N–H and O–H groups in total. The lowest BCUT2D eigenvalue weighted by Crippen LogP contribution is -2.08. The predicted octanol–water partition coefficient (Wildman–Crippen LogP) is -0.553. The van der Waals surface area contributed by atoms with Gasteiger partial charge in [-0.15, -0.1) is 0 Å². The van der Waals surface area contributed by atoms with Gasteiger partial charge in [0.2, 0.25) is 0 Å². The summed E-state index contributed by atoms with van der Waals surface area (Å²) < 4.78 is 16.0. The summed E-state index contributed by atoms with van der Waals surface area (Å²) in [5, 5.41) is 8.32. The molecule has 0 bridgehead atoms. The first-order chi connectivity index (χ1) is 5.14. The number of aliphatic hydroxyl groups excluding tert-OH is 1. The highest BCUT2D eigenvalue weighted by Crippen LogP contribution is 2.35. The van der Waals surface area contributed by atoms with Gasteiger partial charge in [0.1, 0.15) is 6.33 Å². The van der Waals surface area contributed by atoms with Crippen LogP contribution in [0.4, 0.5) is 0 Å². The Labute approximate surface area is 62.6 Å². The van der Waals surface area contributed by atoms with Crippen LogP contribution in [0.25, 0.3) is 0 Å². The maximum atomic E-state index is 10.7. The van der Waals surface area contributed by atoms with E-state index in [1.54, 1.807) is 0 Å². The fourth-order valence-corrected chi connectivity index (χ4v) is 0.911. The molecule has 0 spiro atoms. The second-order valence-electron chi connectivity index (χ2n) is 1.78. The summed E-state index contributed by atoms with van der Waals surface area (Å²) in [6, 6.07) is 0. The molecule has 11 heavy (non-hydrogen) atoms. The summed E-state index contributed by atoms with van der Waals surface area (Å²) in [5.41, 5.74) is 0. The van der Waals surface area contributed by atoms with Gasteiger partial charge < -0.3 is 14.6 Å². The van der Waals surface area contributed by atoms with Gasteiger partial charge in [0.25, 0.3) is 0 Å². The lowest BCUT2D eigenvalue weighted by Gasteiger charge is -2.08. The zero-order chi connectivity index (χ0) is 8.32. The molecule has 1 unspecified atom stereocenters. The molecule has 0 aliphatic carbocycles. The van der Waals surface area contributed by atoms with Gasteiger partial charge in [-0.3, -0.25) is 0 Å². The van der Waals surface area contributed by atoms with Gasteiger partial charge in [0.05, 0.1) is 6.20 Å². The lowest BCUT2D eigenvalue weighted by atomic mass is 11.0. The van der Waals surface area contributed by atoms with Crippen molar-refractivity contribution in [3.05, 3.63) is 18.7 Å². The average Bonchev–Trinajstić information content (AvgIpc) is 2.39. The highest BCUT2D eigenvalue weighted by molar-refractivity contribution is 7.52. The highest BCUT2D eigenvalue weighted by Gasteiger charge is 2.18. The first-order valence-corrected chi connectivity index (χ1v) is 4.51. The molecule has 0 amide bonds. The summed E-state index contributed by atoms with van der Waals surface area (Å²) in [5.74, 6) is 0. The van der Waals surface area contributed by atoms with Crippen LogP contribution < -0.4 is 4.62 Å². The minimum absolute atomic E-state index is 0.912. The fraction of sp³-hybridized carbons (Fsp3) is 0.250. The third-order valence-corrected chi connectivity index (χ3v) is 1.68. The van der Waals surface area contributed by atoms with Crippen LogP contribution in [0.15, 0.2) is 18.7 Å². The first kappa shape index (κ1) is 8.26. The Balaban J connectivity index is 2.63. The van der Waals surface area contributed by atoms with Gasteiger partial charge in [-0.2, -0.15) is 4.73 Å². The standard InChI is InChI=1S/C4H7N2O4P/c7-4-11(8,9)10-6-2-1-5-3-6/h1-3,7H,4H2,(H,8,9). The van der Waals surface area contributed by atoms with E-state index in [-0.39, 0.29) is 0 Å². The van der Waals surface area contributed by atoms with E-state index in [1.165, 1.54) is 18.7 Å². The van der Waals surface area contributed by atoms with E-state index in [9.17, 15) is 4.57 Å². The Bertz CT molecular complexity index is 259. The summed E-state index contributed by atoms with van der Waals surface area (Å²) in [7, 11) is -3.88. The number of hydrogen-bond donors (Lipinski definition) is 2. The first-order valence-electron chi connectivity index (χ1n) is 2.75. The second-order valence-corrected chi connectivity index (χ2v) is 3.50. The monoisotopic (exact) mass is 178 g/mol. The lowest BCUT2D eigenvalue weighted by molar-refractivity contribution is 0.204. The zero-order valence-corrected chi connectivity index (χ0v) is 6.39. The fourth-order valence-electron chi connectivity index (χ4n) is 0.468. The molecule has 0 aliphatic rings. The van der Waals surface area contributed by atoms with Crippen LogP contribution in [0.1, 0.15) is 0 Å². The molecule has 0 aliphatic heterocycles. The molecule has 1 aromatic rings. The van der Waals surface area contributed by atoms with Gasteiger partial charge in [0, 0.05) is 6.20 Å². The molecule has 1 aromatic heterocycles. The van der Waals surface area contributed by atoms with Crippen molar-refractivity contribution in [2.45, 2.75) is 0 Å². The van der Waals surface area contributed by atoms with E-state index >= 15 is 0 Å². The molecule has 7 heteroatoms. The Morgan fingerprint density at radius 2 is 2.45 bits per heavy atom. The number of imidazole rings is 1. The molecule has 0 saturated carbocycles. The molecule has 0 saturated heterocycles. The number of nitrogens with zero attached hydrogens (tertiary/aromatic N) is 2. The van der Waals surface area contributed by atoms with E-state index < -0.39 is 13.9 Å². The largest absolute Gasteiger partial charge is 0.420 e. The molecule has 1 atom stereocenters. The van der Waals surface area contributed by atoms with E-state index in [1.807, 2.05) is 0 Å². The minimum atomic E-state index is -3.88. The van der Waals surface area contributed by atoms with Crippen molar-refractivity contribution in [1.29, 1.82) is 0 Å². The second kappa shape index (κ2) is 3.04. The molecule has 0 aromatic carbocycles. The summed E-state index contributed by atoms with van der Waals surface area (Å²) in [6.45, 7) is 0. The maximum Gasteiger partial charge on any atom is 0.420 e. The van der Waals surface area contributed by atoms with Crippen molar-refractivity contribution in [2.24, 2.45) is 0 Å². The zero-order valence-electron chi connectivity index (χ0n) is 5.49. The third-order valence-electron chi connectivity index (χ3n) is 0.881. The van der Waals surface area contributed by atoms with Crippen molar-refractivity contribution >= 4 is 7.60 Å². The van der Waals surface area contributed by atoms with E-state index in [2.05, 4.69) is 9.61 Å². The number of hydrogen-bond acceptors (Lipinski definition) is 4. The van der Waals surface area contributed by atoms with E-state index in [4.69, 9.17) is 10.00 Å². The number of aromatic nitrogens is 2. The minimum Gasteiger partial charge on any atom is -0.382 e. The molecule has 6 nitrogen and oxygen atoms in total. The Morgan fingerprint density at radius 3 is 2.91 bits per heavy atom. The molecular weight excluding hydrogens is 171 g/mol. The van der Waals surface area contributed by atoms with Crippen LogP contribution in [0.2, 0.25) is 0 Å². The van der Waals surface area contributed by atoms with Crippen LogP contribution in [0.3, 0.4) is 0 Å². The number of aliphatic hydroxyl groups is 1. The van der Waals surface area contributed by atoms with Crippen molar-refractivity contribution in [2.75, 3.05) is 6.35 Å². The quantitative estimate of drug-likeness (QED) is 0.606. The summed E-state index contributed by atoms with van der Waals surface area (Å²) in [4.78, 5) is 12.3. The average molecular weight is 178 g/mol. The van der Waals surface area contributed by atoms with E-state index in [0.29, 0.717) is 0 Å². The van der Waals surface area contributed by atoms with Crippen LogP contribution in [0.5, 0.6) is 0 Å². The van der Waals surface area contributed by atoms with Gasteiger partial charge >= 0.3 is 7.60 Å². The molecule has 1 heterocycles. The van der Waals surface area contributed by atoms with E-state index in [0.717, 1.165) is 4.73 Å². The molecule has 0 radical (unpaired) electrons. The summed E-state index contributed by atoms with van der Waals surface area (Å²) in [6.07, 6.45) is 3.03. The van der Waals surface area contributed by atoms with Crippen LogP contribution in [-0.4, -0.2) is 26.1 Å². The Kier molecular flexibility index (Phi) is 2.28. The van der Waals surface area contributed by atoms with Crippen LogP contribution >= 0.6 is 7.60 Å². The van der Waals surface area contributed by atoms with Crippen molar-refractivity contribution in [3.8, 4) is 0 Å². The smallest absolute Gasteiger partial charge is 0.382 e. The third kappa shape index (κ3) is 2.34. The van der Waals surface area contributed by atoms with Gasteiger partial charge in [-0.25, -0.2) is 9.55 Å². The van der Waals surface area contributed by atoms with Gasteiger partial charge in [0.15, 0.2) is 6.35 Å². The van der Waals surface area contributed by atoms with Crippen molar-refractivity contribution in [1.82, 2.24) is 9.71 Å². The molecular formula is C4H7N2O4P. The van der Waals surface area contributed by atoms with Crippen LogP contribution in [0, 0.1) is 0 Å². The predicted molar refractivity (Wildman–Crippen MR) is 35.7 cm³/mol. The Hall–Kier alpha value is -0.840. The SMILES string of the molecule is O=P(O)(CO)On1ccnc1. The summed E-state index contributed by atoms with van der Waals surface area (Å²) >= 11 is 0. The van der Waals surface area contributed by atoms with Crippen molar-refractivity contribution in [3.63, 3.8) is 0 Å². The maximum absolute atomic E-state index is 10.7. The molecule has 0 fully saturated rings.